The van der Waals surface area contributed by atoms with Crippen LogP contribution < -0.4 is 0 Å². The van der Waals surface area contributed by atoms with Crippen molar-refractivity contribution in [2.24, 2.45) is 5.92 Å². The van der Waals surface area contributed by atoms with E-state index in [0.29, 0.717) is 12.6 Å². The molecule has 2 amide bonds. The molecule has 1 N–H and O–H groups in total. The molecule has 1 saturated carbocycles. The van der Waals surface area contributed by atoms with E-state index in [-0.39, 0.29) is 18.5 Å². The zero-order valence-corrected chi connectivity index (χ0v) is 13.1. The lowest BCUT2D eigenvalue weighted by molar-refractivity contribution is -0.138. The first-order chi connectivity index (χ1) is 9.36. The van der Waals surface area contributed by atoms with Gasteiger partial charge in [0.05, 0.1) is 6.42 Å². The lowest BCUT2D eigenvalue weighted by atomic mass is 9.87. The number of urea groups is 1. The first-order valence-corrected chi connectivity index (χ1v) is 7.62. The number of carboxylic acid groups (broad SMARTS) is 1. The Balaban J connectivity index is 2.62. The molecule has 1 atom stereocenters. The molecule has 0 aromatic rings. The standard InChI is InChI=1S/C15H28N2O3/c1-5-17(12(3)10-14(18)19)15(20)16(4)13-8-6-11(2)7-9-13/h11-13H,5-10H2,1-4H3,(H,18,19). The minimum Gasteiger partial charge on any atom is -0.481 e. The second-order valence-electron chi connectivity index (χ2n) is 6.04. The molecule has 1 aliphatic rings. The van der Waals surface area contributed by atoms with Crippen LogP contribution in [0.1, 0.15) is 52.9 Å². The zero-order valence-electron chi connectivity index (χ0n) is 13.1. The van der Waals surface area contributed by atoms with Gasteiger partial charge in [0.2, 0.25) is 0 Å². The number of rotatable bonds is 5. The summed E-state index contributed by atoms with van der Waals surface area (Å²) in [6, 6.07) is -0.0134. The van der Waals surface area contributed by atoms with Crippen molar-refractivity contribution in [3.63, 3.8) is 0 Å². The summed E-state index contributed by atoms with van der Waals surface area (Å²) >= 11 is 0. The third kappa shape index (κ3) is 4.39. The molecule has 1 unspecified atom stereocenters. The van der Waals surface area contributed by atoms with E-state index in [2.05, 4.69) is 6.92 Å². The summed E-state index contributed by atoms with van der Waals surface area (Å²) in [5, 5.41) is 8.87. The minimum absolute atomic E-state index is 0.00484. The summed E-state index contributed by atoms with van der Waals surface area (Å²) in [5.74, 6) is -0.110. The lowest BCUT2D eigenvalue weighted by Crippen LogP contribution is -2.50. The predicted molar refractivity (Wildman–Crippen MR) is 78.7 cm³/mol. The molecule has 1 rings (SSSR count). The summed E-state index contributed by atoms with van der Waals surface area (Å²) in [5.41, 5.74) is 0. The predicted octanol–water partition coefficient (Wildman–Crippen LogP) is 2.80. The van der Waals surface area contributed by atoms with Gasteiger partial charge in [-0.15, -0.1) is 0 Å². The minimum atomic E-state index is -0.863. The lowest BCUT2D eigenvalue weighted by Gasteiger charge is -2.38. The van der Waals surface area contributed by atoms with E-state index in [4.69, 9.17) is 5.11 Å². The van der Waals surface area contributed by atoms with Gasteiger partial charge in [-0.1, -0.05) is 6.92 Å². The number of carbonyl (C=O) groups excluding carboxylic acids is 1. The Morgan fingerprint density at radius 3 is 2.25 bits per heavy atom. The van der Waals surface area contributed by atoms with Crippen LogP contribution in [0.25, 0.3) is 0 Å². The summed E-state index contributed by atoms with van der Waals surface area (Å²) in [6.45, 7) is 6.49. The zero-order chi connectivity index (χ0) is 15.3. The fourth-order valence-corrected chi connectivity index (χ4v) is 2.99. The summed E-state index contributed by atoms with van der Waals surface area (Å²) in [4.78, 5) is 26.8. The molecule has 5 nitrogen and oxygen atoms in total. The molecular weight excluding hydrogens is 256 g/mol. The van der Waals surface area contributed by atoms with Gasteiger partial charge in [-0.25, -0.2) is 4.79 Å². The van der Waals surface area contributed by atoms with Crippen LogP contribution in [0.3, 0.4) is 0 Å². The Hall–Kier alpha value is -1.26. The van der Waals surface area contributed by atoms with E-state index >= 15 is 0 Å². The molecule has 0 radical (unpaired) electrons. The Bertz CT molecular complexity index is 338. The van der Waals surface area contributed by atoms with Crippen molar-refractivity contribution in [2.75, 3.05) is 13.6 Å². The number of hydrogen-bond acceptors (Lipinski definition) is 2. The molecular formula is C15H28N2O3. The van der Waals surface area contributed by atoms with E-state index in [9.17, 15) is 9.59 Å². The van der Waals surface area contributed by atoms with Crippen LogP contribution in [0.5, 0.6) is 0 Å². The molecule has 0 aromatic carbocycles. The van der Waals surface area contributed by atoms with Gasteiger partial charge in [0.1, 0.15) is 0 Å². The fraction of sp³-hybridized carbons (Fsp3) is 0.867. The van der Waals surface area contributed by atoms with Gasteiger partial charge in [-0.3, -0.25) is 4.79 Å². The van der Waals surface area contributed by atoms with Gasteiger partial charge in [-0.05, 0) is 45.4 Å². The molecule has 0 aromatic heterocycles. The van der Waals surface area contributed by atoms with E-state index in [1.807, 2.05) is 18.9 Å². The third-order valence-electron chi connectivity index (χ3n) is 4.42. The number of carbonyl (C=O) groups is 2. The number of hydrogen-bond donors (Lipinski definition) is 1. The first kappa shape index (κ1) is 16.8. The van der Waals surface area contributed by atoms with Crippen LogP contribution in [0.4, 0.5) is 4.79 Å². The number of amides is 2. The number of nitrogens with zero attached hydrogens (tertiary/aromatic N) is 2. The normalized spacial score (nSPS) is 24.0. The topological polar surface area (TPSA) is 60.9 Å². The Kier molecular flexibility index (Phi) is 6.30. The molecule has 0 spiro atoms. The largest absolute Gasteiger partial charge is 0.481 e. The van der Waals surface area contributed by atoms with Crippen LogP contribution in [-0.2, 0) is 4.79 Å². The molecule has 20 heavy (non-hydrogen) atoms. The van der Waals surface area contributed by atoms with Crippen molar-refractivity contribution in [1.82, 2.24) is 9.80 Å². The van der Waals surface area contributed by atoms with Crippen LogP contribution in [-0.4, -0.2) is 52.6 Å². The Morgan fingerprint density at radius 2 is 1.80 bits per heavy atom. The fourth-order valence-electron chi connectivity index (χ4n) is 2.99. The third-order valence-corrected chi connectivity index (χ3v) is 4.42. The average molecular weight is 284 g/mol. The Morgan fingerprint density at radius 1 is 1.25 bits per heavy atom. The maximum atomic E-state index is 12.5. The quantitative estimate of drug-likeness (QED) is 0.844. The second-order valence-corrected chi connectivity index (χ2v) is 6.04. The maximum absolute atomic E-state index is 12.5. The molecule has 0 heterocycles. The maximum Gasteiger partial charge on any atom is 0.320 e. The van der Waals surface area contributed by atoms with Crippen LogP contribution in [0.2, 0.25) is 0 Å². The number of carboxylic acids is 1. The van der Waals surface area contributed by atoms with Crippen LogP contribution in [0, 0.1) is 5.92 Å². The number of aliphatic carboxylic acids is 1. The monoisotopic (exact) mass is 284 g/mol. The smallest absolute Gasteiger partial charge is 0.320 e. The molecule has 1 aliphatic carbocycles. The molecule has 0 aliphatic heterocycles. The highest BCUT2D eigenvalue weighted by Crippen LogP contribution is 2.27. The van der Waals surface area contributed by atoms with Gasteiger partial charge < -0.3 is 14.9 Å². The molecule has 1 fully saturated rings. The van der Waals surface area contributed by atoms with Crippen molar-refractivity contribution in [2.45, 2.75) is 65.0 Å². The van der Waals surface area contributed by atoms with Crippen molar-refractivity contribution >= 4 is 12.0 Å². The van der Waals surface area contributed by atoms with Gasteiger partial charge in [-0.2, -0.15) is 0 Å². The Labute approximate surface area is 121 Å². The second kappa shape index (κ2) is 7.50. The van der Waals surface area contributed by atoms with Gasteiger partial charge in [0, 0.05) is 25.7 Å². The highest BCUT2D eigenvalue weighted by atomic mass is 16.4. The summed E-state index contributed by atoms with van der Waals surface area (Å²) in [7, 11) is 1.85. The highest BCUT2D eigenvalue weighted by molar-refractivity contribution is 5.76. The summed E-state index contributed by atoms with van der Waals surface area (Å²) in [6.07, 6.45) is 4.43. The van der Waals surface area contributed by atoms with Crippen LogP contribution >= 0.6 is 0 Å². The highest BCUT2D eigenvalue weighted by Gasteiger charge is 2.29. The van der Waals surface area contributed by atoms with E-state index in [1.165, 1.54) is 12.8 Å². The van der Waals surface area contributed by atoms with E-state index in [0.717, 1.165) is 18.8 Å². The summed E-state index contributed by atoms with van der Waals surface area (Å²) < 4.78 is 0. The van der Waals surface area contributed by atoms with Gasteiger partial charge in [0.25, 0.3) is 0 Å². The average Bonchev–Trinajstić information content (AvgIpc) is 2.38. The SMILES string of the molecule is CCN(C(=O)N(C)C1CCC(C)CC1)C(C)CC(=O)O. The molecule has 0 saturated heterocycles. The molecule has 5 heteroatoms. The van der Waals surface area contributed by atoms with Crippen LogP contribution in [0.15, 0.2) is 0 Å². The van der Waals surface area contributed by atoms with Crippen molar-refractivity contribution < 1.29 is 14.7 Å². The van der Waals surface area contributed by atoms with Crippen molar-refractivity contribution in [3.8, 4) is 0 Å². The van der Waals surface area contributed by atoms with Gasteiger partial charge in [0.15, 0.2) is 0 Å². The molecule has 116 valence electrons. The van der Waals surface area contributed by atoms with Crippen molar-refractivity contribution in [3.05, 3.63) is 0 Å². The van der Waals surface area contributed by atoms with E-state index in [1.54, 1.807) is 11.8 Å². The first-order valence-electron chi connectivity index (χ1n) is 7.62. The molecule has 0 bridgehead atoms. The van der Waals surface area contributed by atoms with E-state index < -0.39 is 5.97 Å². The van der Waals surface area contributed by atoms with Crippen molar-refractivity contribution in [1.29, 1.82) is 0 Å². The van der Waals surface area contributed by atoms with Gasteiger partial charge >= 0.3 is 12.0 Å².